The average molecular weight is 182 g/mol. The summed E-state index contributed by atoms with van der Waals surface area (Å²) in [6, 6.07) is 0. The molecule has 0 N–H and O–H groups in total. The Bertz CT molecular complexity index is 41.6. The standard InChI is InChI=1S/C4H7I/c1-3-4(2)5/h3H,1-2H3. The average Bonchev–Trinajstić information content (AvgIpc) is 1.38. The number of hydrogen-bond donors (Lipinski definition) is 0. The fraction of sp³-hybridized carbons (Fsp3) is 0.500. The Labute approximate surface area is 46.4 Å². The molecule has 0 aromatic rings. The first-order valence-corrected chi connectivity index (χ1v) is 2.63. The molecular weight excluding hydrogens is 175 g/mol. The molecule has 0 atom stereocenters. The maximum atomic E-state index is 2.27. The van der Waals surface area contributed by atoms with Crippen molar-refractivity contribution in [3.63, 3.8) is 0 Å². The van der Waals surface area contributed by atoms with Crippen molar-refractivity contribution in [1.29, 1.82) is 0 Å². The van der Waals surface area contributed by atoms with Gasteiger partial charge in [-0.25, -0.2) is 0 Å². The van der Waals surface area contributed by atoms with Crippen LogP contribution in [0.4, 0.5) is 0 Å². The van der Waals surface area contributed by atoms with Gasteiger partial charge in [-0.3, -0.25) is 0 Å². The minimum absolute atomic E-state index is 1.35. The molecule has 0 radical (unpaired) electrons. The van der Waals surface area contributed by atoms with Crippen LogP contribution in [-0.4, -0.2) is 0 Å². The topological polar surface area (TPSA) is 0 Å². The van der Waals surface area contributed by atoms with Crippen molar-refractivity contribution in [3.8, 4) is 0 Å². The lowest BCUT2D eigenvalue weighted by Crippen LogP contribution is -1.43. The third kappa shape index (κ3) is 4.47. The highest BCUT2D eigenvalue weighted by atomic mass is 127. The summed E-state index contributed by atoms with van der Waals surface area (Å²) in [5.74, 6) is 0. The van der Waals surface area contributed by atoms with Crippen LogP contribution in [0.3, 0.4) is 0 Å². The second-order valence-corrected chi connectivity index (χ2v) is 2.58. The van der Waals surface area contributed by atoms with E-state index in [1.165, 1.54) is 3.58 Å². The van der Waals surface area contributed by atoms with E-state index >= 15 is 0 Å². The summed E-state index contributed by atoms with van der Waals surface area (Å²) >= 11 is 2.27. The van der Waals surface area contributed by atoms with Gasteiger partial charge in [0.05, 0.1) is 0 Å². The minimum Gasteiger partial charge on any atom is -0.0786 e. The number of halogens is 1. The van der Waals surface area contributed by atoms with Crippen LogP contribution in [0.25, 0.3) is 0 Å². The molecule has 0 aliphatic rings. The molecule has 0 spiro atoms. The van der Waals surface area contributed by atoms with Gasteiger partial charge in [0.25, 0.3) is 0 Å². The first-order chi connectivity index (χ1) is 2.27. The molecule has 0 heterocycles. The van der Waals surface area contributed by atoms with E-state index in [9.17, 15) is 0 Å². The summed E-state index contributed by atoms with van der Waals surface area (Å²) in [5.41, 5.74) is 0. The van der Waals surface area contributed by atoms with Crippen LogP contribution in [0.1, 0.15) is 13.8 Å². The first-order valence-electron chi connectivity index (χ1n) is 1.56. The monoisotopic (exact) mass is 182 g/mol. The summed E-state index contributed by atoms with van der Waals surface area (Å²) < 4.78 is 1.35. The van der Waals surface area contributed by atoms with Crippen LogP contribution in [-0.2, 0) is 0 Å². The quantitative estimate of drug-likeness (QED) is 0.504. The van der Waals surface area contributed by atoms with Crippen LogP contribution < -0.4 is 0 Å². The van der Waals surface area contributed by atoms with Gasteiger partial charge in [0.15, 0.2) is 0 Å². The van der Waals surface area contributed by atoms with Gasteiger partial charge in [-0.05, 0) is 40.0 Å². The Morgan fingerprint density at radius 2 is 2.00 bits per heavy atom. The number of rotatable bonds is 0. The summed E-state index contributed by atoms with van der Waals surface area (Å²) in [7, 11) is 0. The molecule has 0 aromatic carbocycles. The largest absolute Gasteiger partial charge is 0.0786 e. The maximum Gasteiger partial charge on any atom is -0.0168 e. The molecule has 0 fully saturated rings. The van der Waals surface area contributed by atoms with Crippen molar-refractivity contribution < 1.29 is 0 Å². The van der Waals surface area contributed by atoms with Crippen molar-refractivity contribution in [3.05, 3.63) is 9.66 Å². The Morgan fingerprint density at radius 1 is 1.80 bits per heavy atom. The molecule has 0 aromatic heterocycles. The van der Waals surface area contributed by atoms with Crippen LogP contribution in [0.2, 0.25) is 0 Å². The molecule has 0 rings (SSSR count). The molecule has 0 unspecified atom stereocenters. The van der Waals surface area contributed by atoms with Crippen LogP contribution in [0.15, 0.2) is 9.66 Å². The Morgan fingerprint density at radius 3 is 2.00 bits per heavy atom. The number of hydrogen-bond acceptors (Lipinski definition) is 0. The first kappa shape index (κ1) is 5.47. The molecule has 0 saturated heterocycles. The van der Waals surface area contributed by atoms with Gasteiger partial charge in [0.2, 0.25) is 0 Å². The predicted octanol–water partition coefficient (Wildman–Crippen LogP) is 2.35. The van der Waals surface area contributed by atoms with Crippen molar-refractivity contribution in [2.75, 3.05) is 0 Å². The Hall–Kier alpha value is 0.470. The lowest BCUT2D eigenvalue weighted by molar-refractivity contribution is 1.63. The summed E-state index contributed by atoms with van der Waals surface area (Å²) in [5, 5.41) is 0. The molecule has 0 nitrogen and oxygen atoms in total. The Kier molecular flexibility index (Phi) is 2.95. The summed E-state index contributed by atoms with van der Waals surface area (Å²) in [6.07, 6.45) is 2.07. The highest BCUT2D eigenvalue weighted by Gasteiger charge is 1.63. The van der Waals surface area contributed by atoms with Gasteiger partial charge >= 0.3 is 0 Å². The van der Waals surface area contributed by atoms with E-state index < -0.39 is 0 Å². The molecule has 0 aliphatic heterocycles. The van der Waals surface area contributed by atoms with Gasteiger partial charge in [-0.1, -0.05) is 6.08 Å². The van der Waals surface area contributed by atoms with E-state index in [4.69, 9.17) is 0 Å². The lowest BCUT2D eigenvalue weighted by Gasteiger charge is -1.71. The molecule has 5 heavy (non-hydrogen) atoms. The molecule has 30 valence electrons. The maximum absolute atomic E-state index is 2.27. The molecular formula is C4H7I. The van der Waals surface area contributed by atoms with Gasteiger partial charge in [0.1, 0.15) is 0 Å². The fourth-order valence-electron chi connectivity index (χ4n) is 0. The van der Waals surface area contributed by atoms with Crippen molar-refractivity contribution in [1.82, 2.24) is 0 Å². The van der Waals surface area contributed by atoms with Gasteiger partial charge in [-0.2, -0.15) is 0 Å². The van der Waals surface area contributed by atoms with Crippen LogP contribution in [0.5, 0.6) is 0 Å². The zero-order chi connectivity index (χ0) is 4.28. The highest BCUT2D eigenvalue weighted by molar-refractivity contribution is 14.1. The van der Waals surface area contributed by atoms with E-state index in [-0.39, 0.29) is 0 Å². The van der Waals surface area contributed by atoms with Crippen molar-refractivity contribution in [2.45, 2.75) is 13.8 Å². The molecule has 0 saturated carbocycles. The number of allylic oxidation sites excluding steroid dienone is 2. The minimum atomic E-state index is 1.35. The van der Waals surface area contributed by atoms with Gasteiger partial charge < -0.3 is 0 Å². The zero-order valence-electron chi connectivity index (χ0n) is 3.46. The molecule has 1 heteroatoms. The highest BCUT2D eigenvalue weighted by Crippen LogP contribution is 1.99. The second kappa shape index (κ2) is 2.69. The smallest absolute Gasteiger partial charge is 0.0168 e. The summed E-state index contributed by atoms with van der Waals surface area (Å²) in [4.78, 5) is 0. The van der Waals surface area contributed by atoms with Gasteiger partial charge in [0, 0.05) is 0 Å². The normalized spacial score (nSPS) is 12.2. The van der Waals surface area contributed by atoms with E-state index in [0.29, 0.717) is 0 Å². The van der Waals surface area contributed by atoms with Crippen LogP contribution >= 0.6 is 22.6 Å². The Balaban J connectivity index is 3.14. The molecule has 0 amide bonds. The van der Waals surface area contributed by atoms with Gasteiger partial charge in [-0.15, -0.1) is 0 Å². The van der Waals surface area contributed by atoms with E-state index in [0.717, 1.165) is 0 Å². The van der Waals surface area contributed by atoms with E-state index in [2.05, 4.69) is 35.6 Å². The zero-order valence-corrected chi connectivity index (χ0v) is 5.61. The molecule has 0 aliphatic carbocycles. The predicted molar refractivity (Wildman–Crippen MR) is 33.5 cm³/mol. The third-order valence-electron chi connectivity index (χ3n) is 0.398. The lowest BCUT2D eigenvalue weighted by atomic mass is 10.6. The molecule has 0 bridgehead atoms. The fourth-order valence-corrected chi connectivity index (χ4v) is 0. The van der Waals surface area contributed by atoms with Crippen molar-refractivity contribution >= 4 is 22.6 Å². The van der Waals surface area contributed by atoms with Crippen molar-refractivity contribution in [2.24, 2.45) is 0 Å². The van der Waals surface area contributed by atoms with Crippen LogP contribution in [0, 0.1) is 0 Å². The van der Waals surface area contributed by atoms with E-state index in [1.54, 1.807) is 0 Å². The van der Waals surface area contributed by atoms with E-state index in [1.807, 2.05) is 6.92 Å². The summed E-state index contributed by atoms with van der Waals surface area (Å²) in [6.45, 7) is 4.10. The second-order valence-electron chi connectivity index (χ2n) is 0.875. The third-order valence-corrected chi connectivity index (χ3v) is 1.02. The SMILES string of the molecule is CC=C(C)I.